The van der Waals surface area contributed by atoms with Gasteiger partial charge in [-0.25, -0.2) is 0 Å². The van der Waals surface area contributed by atoms with E-state index in [1.807, 2.05) is 23.5 Å². The number of unbranched alkanes of at least 4 members (excludes halogenated alkanes) is 22. The molecule has 2 N–H and O–H groups in total. The fourth-order valence-corrected chi connectivity index (χ4v) is 12.4. The maximum absolute atomic E-state index is 12.3. The number of aryl methyl sites for hydroxylation is 2. The lowest BCUT2D eigenvalue weighted by molar-refractivity contribution is -0.138. The first-order chi connectivity index (χ1) is 30.0. The van der Waals surface area contributed by atoms with Gasteiger partial charge in [0.15, 0.2) is 0 Å². The zero-order valence-electron chi connectivity index (χ0n) is 42.2. The van der Waals surface area contributed by atoms with E-state index >= 15 is 0 Å². The molecule has 0 bridgehead atoms. The Morgan fingerprint density at radius 3 is 0.984 bits per heavy atom. The number of rotatable bonds is 36. The van der Waals surface area contributed by atoms with Crippen LogP contribution in [0.5, 0.6) is 0 Å². The van der Waals surface area contributed by atoms with Crippen LogP contribution < -0.4 is 0 Å². The predicted molar refractivity (Wildman–Crippen MR) is 281 cm³/mol. The topological polar surface area (TPSA) is 74.6 Å². The number of aliphatic carboxylic acids is 2. The highest BCUT2D eigenvalue weighted by molar-refractivity contribution is 8.00. The molecule has 2 unspecified atom stereocenters. The highest BCUT2D eigenvalue weighted by Gasteiger charge is 2.29. The summed E-state index contributed by atoms with van der Waals surface area (Å²) in [6.45, 7) is 22.4. The molecular formula is C56H94O4S3. The van der Waals surface area contributed by atoms with Gasteiger partial charge in [-0.1, -0.05) is 221 Å². The molecule has 0 amide bonds. The fourth-order valence-electron chi connectivity index (χ4n) is 8.76. The summed E-state index contributed by atoms with van der Waals surface area (Å²) in [6, 6.07) is 9.26. The standard InChI is InChI=1S/C56H94O4S3/c1-11-13-15-17-19-21-23-25-27-29-31-33-35-61-51(41-53(57)58)45-37-43(3)49(39-47(45)55(5,6)7)63-50-40-48(56(8,9)10)46(38-44(50)4)52(42-54(59)60)62-36-34-32-30-28-26-24-22-20-18-16-14-12-2/h37-40,51-52H,11-36,41-42H2,1-10H3,(H,57,58)(H,59,60). The molecule has 0 saturated carbocycles. The average Bonchev–Trinajstić information content (AvgIpc) is 3.20. The van der Waals surface area contributed by atoms with Crippen molar-refractivity contribution in [2.75, 3.05) is 11.5 Å². The Morgan fingerprint density at radius 2 is 0.730 bits per heavy atom. The molecule has 0 aliphatic rings. The van der Waals surface area contributed by atoms with E-state index in [1.54, 1.807) is 11.8 Å². The van der Waals surface area contributed by atoms with Gasteiger partial charge in [0, 0.05) is 20.3 Å². The highest BCUT2D eigenvalue weighted by Crippen LogP contribution is 2.46. The number of carboxylic acids is 2. The molecule has 7 heteroatoms. The minimum Gasteiger partial charge on any atom is -0.481 e. The quantitative estimate of drug-likeness (QED) is 0.0660. The maximum Gasteiger partial charge on any atom is 0.304 e. The molecule has 2 rings (SSSR count). The number of carbonyl (C=O) groups is 2. The Morgan fingerprint density at radius 1 is 0.460 bits per heavy atom. The van der Waals surface area contributed by atoms with Crippen molar-refractivity contribution in [2.45, 2.75) is 267 Å². The summed E-state index contributed by atoms with van der Waals surface area (Å²) in [4.78, 5) is 26.9. The Balaban J connectivity index is 2.17. The third-order valence-electron chi connectivity index (χ3n) is 12.6. The smallest absolute Gasteiger partial charge is 0.304 e. The van der Waals surface area contributed by atoms with Crippen LogP contribution in [0.4, 0.5) is 0 Å². The summed E-state index contributed by atoms with van der Waals surface area (Å²) >= 11 is 5.46. The van der Waals surface area contributed by atoms with Gasteiger partial charge in [-0.2, -0.15) is 23.5 Å². The van der Waals surface area contributed by atoms with Gasteiger partial charge >= 0.3 is 11.9 Å². The van der Waals surface area contributed by atoms with Gasteiger partial charge in [0.25, 0.3) is 0 Å². The van der Waals surface area contributed by atoms with E-state index in [-0.39, 0.29) is 34.2 Å². The Kier molecular flexibility index (Phi) is 29.4. The second-order valence-corrected chi connectivity index (χ2v) is 24.4. The average molecular weight is 928 g/mol. The number of hydrogen-bond acceptors (Lipinski definition) is 5. The maximum atomic E-state index is 12.3. The van der Waals surface area contributed by atoms with Crippen LogP contribution in [0.25, 0.3) is 0 Å². The molecule has 0 radical (unpaired) electrons. The van der Waals surface area contributed by atoms with Gasteiger partial charge in [0.05, 0.1) is 12.8 Å². The molecule has 0 heterocycles. The van der Waals surface area contributed by atoms with Gasteiger partial charge in [-0.3, -0.25) is 9.59 Å². The fraction of sp³-hybridized carbons (Fsp3) is 0.750. The zero-order valence-corrected chi connectivity index (χ0v) is 44.6. The summed E-state index contributed by atoms with van der Waals surface area (Å²) in [5.41, 5.74) is 6.82. The number of thioether (sulfide) groups is 2. The lowest BCUT2D eigenvalue weighted by atomic mass is 9.81. The summed E-state index contributed by atoms with van der Waals surface area (Å²) < 4.78 is 0. The third kappa shape index (κ3) is 24.1. The van der Waals surface area contributed by atoms with E-state index in [4.69, 9.17) is 0 Å². The van der Waals surface area contributed by atoms with E-state index in [9.17, 15) is 19.8 Å². The number of benzene rings is 2. The molecule has 0 aliphatic heterocycles. The molecule has 2 aromatic rings. The molecule has 0 aromatic heterocycles. The first kappa shape index (κ1) is 57.6. The van der Waals surface area contributed by atoms with Crippen molar-refractivity contribution in [3.63, 3.8) is 0 Å². The van der Waals surface area contributed by atoms with E-state index in [1.165, 1.54) is 184 Å². The van der Waals surface area contributed by atoms with Gasteiger partial charge in [0.2, 0.25) is 0 Å². The summed E-state index contributed by atoms with van der Waals surface area (Å²) in [6.07, 6.45) is 32.0. The molecule has 2 aromatic carbocycles. The van der Waals surface area contributed by atoms with Gasteiger partial charge < -0.3 is 10.2 Å². The second-order valence-electron chi connectivity index (χ2n) is 20.7. The van der Waals surface area contributed by atoms with Crippen LogP contribution in [0.15, 0.2) is 34.1 Å². The molecule has 0 spiro atoms. The summed E-state index contributed by atoms with van der Waals surface area (Å²) in [7, 11) is 0. The first-order valence-electron chi connectivity index (χ1n) is 25.6. The van der Waals surface area contributed by atoms with Crippen LogP contribution in [0, 0.1) is 13.8 Å². The molecule has 0 saturated heterocycles. The minimum absolute atomic E-state index is 0.0886. The molecule has 0 fully saturated rings. The largest absolute Gasteiger partial charge is 0.481 e. The van der Waals surface area contributed by atoms with E-state index < -0.39 is 11.9 Å². The van der Waals surface area contributed by atoms with E-state index in [0.29, 0.717) is 0 Å². The van der Waals surface area contributed by atoms with Crippen LogP contribution >= 0.6 is 35.3 Å². The summed E-state index contributed by atoms with van der Waals surface area (Å²) in [5.74, 6) is 0.487. The highest BCUT2D eigenvalue weighted by atomic mass is 32.2. The molecule has 2 atom stereocenters. The van der Waals surface area contributed by atoms with Crippen LogP contribution in [-0.2, 0) is 20.4 Å². The van der Waals surface area contributed by atoms with Crippen LogP contribution in [0.3, 0.4) is 0 Å². The Labute approximate surface area is 401 Å². The monoisotopic (exact) mass is 927 g/mol. The van der Waals surface area contributed by atoms with Gasteiger partial charge in [0.1, 0.15) is 0 Å². The minimum atomic E-state index is -0.739. The van der Waals surface area contributed by atoms with Crippen molar-refractivity contribution >= 4 is 47.2 Å². The van der Waals surface area contributed by atoms with Crippen molar-refractivity contribution in [3.8, 4) is 0 Å². The SMILES string of the molecule is CCCCCCCCCCCCCCSC(CC(=O)O)c1cc(C)c(Sc2cc(C(C)(C)C)c(C(CC(=O)O)SCCCCCCCCCCCCCC)cc2C)cc1C(C)(C)C. The van der Waals surface area contributed by atoms with Crippen LogP contribution in [-0.4, -0.2) is 33.7 Å². The van der Waals surface area contributed by atoms with Crippen molar-refractivity contribution in [2.24, 2.45) is 0 Å². The van der Waals surface area contributed by atoms with Gasteiger partial charge in [-0.05, 0) is 94.5 Å². The van der Waals surface area contributed by atoms with Crippen LogP contribution in [0.1, 0.15) is 266 Å². The normalized spacial score (nSPS) is 13.1. The van der Waals surface area contributed by atoms with E-state index in [2.05, 4.69) is 93.5 Å². The Hall–Kier alpha value is -1.57. The molecule has 63 heavy (non-hydrogen) atoms. The Bertz CT molecular complexity index is 1460. The van der Waals surface area contributed by atoms with Crippen molar-refractivity contribution in [3.05, 3.63) is 57.6 Å². The molecule has 4 nitrogen and oxygen atoms in total. The lowest BCUT2D eigenvalue weighted by Crippen LogP contribution is -2.18. The second kappa shape index (κ2) is 32.2. The molecule has 360 valence electrons. The van der Waals surface area contributed by atoms with Crippen molar-refractivity contribution in [1.82, 2.24) is 0 Å². The van der Waals surface area contributed by atoms with Crippen molar-refractivity contribution < 1.29 is 19.8 Å². The zero-order chi connectivity index (χ0) is 46.7. The number of carboxylic acid groups (broad SMARTS) is 2. The van der Waals surface area contributed by atoms with Crippen molar-refractivity contribution in [1.29, 1.82) is 0 Å². The third-order valence-corrected chi connectivity index (χ3v) is 16.6. The van der Waals surface area contributed by atoms with Crippen LogP contribution in [0.2, 0.25) is 0 Å². The van der Waals surface area contributed by atoms with Gasteiger partial charge in [-0.15, -0.1) is 0 Å². The number of hydrogen-bond donors (Lipinski definition) is 2. The first-order valence-corrected chi connectivity index (χ1v) is 28.6. The van der Waals surface area contributed by atoms with E-state index in [0.717, 1.165) is 24.3 Å². The lowest BCUT2D eigenvalue weighted by Gasteiger charge is -2.30. The molecular weight excluding hydrogens is 833 g/mol. The predicted octanol–water partition coefficient (Wildman–Crippen LogP) is 18.9. The molecule has 0 aliphatic carbocycles. The summed E-state index contributed by atoms with van der Waals surface area (Å²) in [5, 5.41) is 20.0.